The highest BCUT2D eigenvalue weighted by Gasteiger charge is 2.33. The van der Waals surface area contributed by atoms with Crippen molar-refractivity contribution in [1.82, 2.24) is 20.2 Å². The van der Waals surface area contributed by atoms with Crippen LogP contribution in [0.4, 0.5) is 15.9 Å². The zero-order chi connectivity index (χ0) is 19.3. The number of aromatic nitrogens is 4. The van der Waals surface area contributed by atoms with Crippen LogP contribution in [0.2, 0.25) is 0 Å². The van der Waals surface area contributed by atoms with Crippen molar-refractivity contribution in [2.45, 2.75) is 26.2 Å². The fourth-order valence-corrected chi connectivity index (χ4v) is 5.50. The van der Waals surface area contributed by atoms with Gasteiger partial charge in [-0.25, -0.2) is 14.4 Å². The number of fused-ring (bicyclic) bond motifs is 4. The number of nitrogens with one attached hydrogen (secondary N) is 2. The van der Waals surface area contributed by atoms with Crippen LogP contribution < -0.4 is 5.32 Å². The molecule has 0 bridgehead atoms. The number of anilines is 2. The Balaban J connectivity index is 1.57. The zero-order valence-corrected chi connectivity index (χ0v) is 16.5. The van der Waals surface area contributed by atoms with Gasteiger partial charge in [-0.15, -0.1) is 11.3 Å². The molecule has 0 saturated carbocycles. The molecule has 0 amide bonds. The number of rotatable bonds is 4. The van der Waals surface area contributed by atoms with Crippen molar-refractivity contribution in [3.63, 3.8) is 0 Å². The molecule has 6 nitrogen and oxygen atoms in total. The van der Waals surface area contributed by atoms with Crippen LogP contribution in [-0.2, 0) is 17.6 Å². The summed E-state index contributed by atoms with van der Waals surface area (Å²) in [6.07, 6.45) is 6.17. The Morgan fingerprint density at radius 3 is 3.11 bits per heavy atom. The predicted molar refractivity (Wildman–Crippen MR) is 109 cm³/mol. The van der Waals surface area contributed by atoms with Gasteiger partial charge in [-0.3, -0.25) is 5.10 Å². The maximum atomic E-state index is 14.6. The minimum absolute atomic E-state index is 0.141. The van der Waals surface area contributed by atoms with E-state index in [1.165, 1.54) is 22.8 Å². The first-order valence-corrected chi connectivity index (χ1v) is 10.0. The lowest BCUT2D eigenvalue weighted by Crippen LogP contribution is -2.29. The summed E-state index contributed by atoms with van der Waals surface area (Å²) in [7, 11) is 1.75. The molecular formula is C20H20FN5OS. The average molecular weight is 397 g/mol. The quantitative estimate of drug-likeness (QED) is 0.527. The molecule has 8 heteroatoms. The highest BCUT2D eigenvalue weighted by atomic mass is 32.1. The van der Waals surface area contributed by atoms with E-state index in [4.69, 9.17) is 4.74 Å². The van der Waals surface area contributed by atoms with Gasteiger partial charge in [0.15, 0.2) is 0 Å². The van der Waals surface area contributed by atoms with Gasteiger partial charge >= 0.3 is 0 Å². The lowest BCUT2D eigenvalue weighted by atomic mass is 9.76. The molecule has 1 aliphatic carbocycles. The topological polar surface area (TPSA) is 75.7 Å². The summed E-state index contributed by atoms with van der Waals surface area (Å²) in [6.45, 7) is 3.01. The molecule has 0 unspecified atom stereocenters. The van der Waals surface area contributed by atoms with E-state index in [0.29, 0.717) is 17.0 Å². The third-order valence-electron chi connectivity index (χ3n) is 5.51. The number of hydrogen-bond donors (Lipinski definition) is 2. The first-order chi connectivity index (χ1) is 13.6. The van der Waals surface area contributed by atoms with Gasteiger partial charge in [0.1, 0.15) is 22.8 Å². The number of benzene rings is 1. The second-order valence-electron chi connectivity index (χ2n) is 7.74. The lowest BCUT2D eigenvalue weighted by Gasteiger charge is -2.32. The number of methoxy groups -OCH3 is 1. The number of ether oxygens (including phenoxy) is 1. The number of aryl methyl sites for hydroxylation is 1. The maximum Gasteiger partial charge on any atom is 0.148 e. The van der Waals surface area contributed by atoms with E-state index in [-0.39, 0.29) is 11.2 Å². The SMILES string of the molecule is COC[C@@]1(C)CCc2c(sc3ncnc(Nc4cc5cn[nH]c5cc4F)c23)C1. The molecule has 2 N–H and O–H groups in total. The number of thiophene rings is 1. The van der Waals surface area contributed by atoms with E-state index < -0.39 is 0 Å². The van der Waals surface area contributed by atoms with Crippen molar-refractivity contribution < 1.29 is 9.13 Å². The Labute approximate surface area is 165 Å². The summed E-state index contributed by atoms with van der Waals surface area (Å²) in [6, 6.07) is 3.19. The Kier molecular flexibility index (Phi) is 4.06. The van der Waals surface area contributed by atoms with Crippen LogP contribution in [0.3, 0.4) is 0 Å². The molecule has 28 heavy (non-hydrogen) atoms. The Morgan fingerprint density at radius 1 is 1.36 bits per heavy atom. The normalized spacial score (nSPS) is 19.2. The molecule has 0 aliphatic heterocycles. The smallest absolute Gasteiger partial charge is 0.148 e. The summed E-state index contributed by atoms with van der Waals surface area (Å²) >= 11 is 1.71. The maximum absolute atomic E-state index is 14.6. The first kappa shape index (κ1) is 17.5. The molecule has 0 spiro atoms. The second-order valence-corrected chi connectivity index (χ2v) is 8.82. The number of hydrogen-bond acceptors (Lipinski definition) is 6. The Hall–Kier alpha value is -2.58. The van der Waals surface area contributed by atoms with Crippen molar-refractivity contribution in [2.75, 3.05) is 19.0 Å². The number of aromatic amines is 1. The zero-order valence-electron chi connectivity index (χ0n) is 15.7. The molecule has 1 atom stereocenters. The van der Waals surface area contributed by atoms with E-state index in [1.54, 1.807) is 30.7 Å². The second kappa shape index (κ2) is 6.49. The van der Waals surface area contributed by atoms with Crippen molar-refractivity contribution in [3.8, 4) is 0 Å². The van der Waals surface area contributed by atoms with Gasteiger partial charge in [0.25, 0.3) is 0 Å². The molecule has 0 radical (unpaired) electrons. The highest BCUT2D eigenvalue weighted by molar-refractivity contribution is 7.19. The van der Waals surface area contributed by atoms with Crippen molar-refractivity contribution >= 4 is 44.0 Å². The predicted octanol–water partition coefficient (Wildman–Crippen LogP) is 4.59. The third-order valence-corrected chi connectivity index (χ3v) is 6.65. The largest absolute Gasteiger partial charge is 0.384 e. The third kappa shape index (κ3) is 2.84. The Bertz CT molecular complexity index is 1190. The molecular weight excluding hydrogens is 377 g/mol. The van der Waals surface area contributed by atoms with Gasteiger partial charge in [0, 0.05) is 23.4 Å². The molecule has 1 aliphatic rings. The molecule has 0 fully saturated rings. The molecule has 3 aromatic heterocycles. The number of H-pyrrole nitrogens is 1. The van der Waals surface area contributed by atoms with E-state index >= 15 is 0 Å². The van der Waals surface area contributed by atoms with Crippen LogP contribution >= 0.6 is 11.3 Å². The highest BCUT2D eigenvalue weighted by Crippen LogP contribution is 2.44. The van der Waals surface area contributed by atoms with Crippen LogP contribution in [0, 0.1) is 11.2 Å². The fraction of sp³-hybridized carbons (Fsp3) is 0.350. The van der Waals surface area contributed by atoms with Crippen LogP contribution in [-0.4, -0.2) is 33.9 Å². The average Bonchev–Trinajstić information content (AvgIpc) is 3.25. The summed E-state index contributed by atoms with van der Waals surface area (Å²) < 4.78 is 20.0. The van der Waals surface area contributed by atoms with Crippen molar-refractivity contribution in [3.05, 3.63) is 40.9 Å². The molecule has 4 aromatic rings. The monoisotopic (exact) mass is 397 g/mol. The van der Waals surface area contributed by atoms with Gasteiger partial charge in [0.2, 0.25) is 0 Å². The van der Waals surface area contributed by atoms with Gasteiger partial charge in [0.05, 0.1) is 29.4 Å². The van der Waals surface area contributed by atoms with E-state index in [9.17, 15) is 4.39 Å². The fourth-order valence-electron chi connectivity index (χ4n) is 4.10. The van der Waals surface area contributed by atoms with Crippen molar-refractivity contribution in [2.24, 2.45) is 5.41 Å². The van der Waals surface area contributed by atoms with E-state index in [0.717, 1.165) is 41.5 Å². The minimum Gasteiger partial charge on any atom is -0.384 e. The molecule has 0 saturated heterocycles. The van der Waals surface area contributed by atoms with Crippen LogP contribution in [0.5, 0.6) is 0 Å². The molecule has 5 rings (SSSR count). The van der Waals surface area contributed by atoms with Gasteiger partial charge < -0.3 is 10.1 Å². The Morgan fingerprint density at radius 2 is 2.25 bits per heavy atom. The van der Waals surface area contributed by atoms with Gasteiger partial charge in [-0.05, 0) is 36.3 Å². The van der Waals surface area contributed by atoms with Crippen LogP contribution in [0.1, 0.15) is 23.8 Å². The van der Waals surface area contributed by atoms with Gasteiger partial charge in [-0.1, -0.05) is 6.92 Å². The molecule has 144 valence electrons. The molecule has 1 aromatic carbocycles. The van der Waals surface area contributed by atoms with Crippen LogP contribution in [0.25, 0.3) is 21.1 Å². The summed E-state index contributed by atoms with van der Waals surface area (Å²) in [4.78, 5) is 11.2. The summed E-state index contributed by atoms with van der Waals surface area (Å²) in [5.74, 6) is 0.305. The number of halogens is 1. The standard InChI is InChI=1S/C20H20FN5OS/c1-20(9-27-2)4-3-12-16(7-20)28-19-17(12)18(22-10-23-19)25-15-5-11-8-24-26-14(11)6-13(15)21/h5-6,8,10H,3-4,7,9H2,1-2H3,(H,24,26)(H,22,23,25)/t20-/m0/s1. The van der Waals surface area contributed by atoms with E-state index in [1.807, 2.05) is 0 Å². The van der Waals surface area contributed by atoms with Gasteiger partial charge in [-0.2, -0.15) is 5.10 Å². The van der Waals surface area contributed by atoms with Crippen LogP contribution in [0.15, 0.2) is 24.7 Å². The van der Waals surface area contributed by atoms with E-state index in [2.05, 4.69) is 32.4 Å². The van der Waals surface area contributed by atoms with Crippen molar-refractivity contribution in [1.29, 1.82) is 0 Å². The lowest BCUT2D eigenvalue weighted by molar-refractivity contribution is 0.0823. The minimum atomic E-state index is -0.347. The first-order valence-electron chi connectivity index (χ1n) is 9.20. The number of nitrogens with zero attached hydrogens (tertiary/aromatic N) is 3. The summed E-state index contributed by atoms with van der Waals surface area (Å²) in [5, 5.41) is 11.8. The summed E-state index contributed by atoms with van der Waals surface area (Å²) in [5.41, 5.74) is 2.47. The molecule has 3 heterocycles.